The minimum absolute atomic E-state index is 0.202. The SMILES string of the molecule is CC[C@@H](O)[C@@H](O)[C@@H](C)CC[C@@H]1OC(CO)[C@H](O)C(O)[C@H]1O. The molecule has 8 atom stereocenters. The Labute approximate surface area is 124 Å². The molecule has 0 spiro atoms. The third-order valence-electron chi connectivity index (χ3n) is 4.29. The Morgan fingerprint density at radius 2 is 1.57 bits per heavy atom. The molecule has 1 aliphatic rings. The number of aliphatic hydroxyl groups excluding tert-OH is 6. The maximum Gasteiger partial charge on any atom is 0.111 e. The second kappa shape index (κ2) is 8.38. The predicted octanol–water partition coefficient (Wildman–Crippen LogP) is -1.62. The zero-order valence-corrected chi connectivity index (χ0v) is 12.5. The van der Waals surface area contributed by atoms with Gasteiger partial charge in [-0.2, -0.15) is 0 Å². The van der Waals surface area contributed by atoms with Crippen LogP contribution in [-0.2, 0) is 4.74 Å². The summed E-state index contributed by atoms with van der Waals surface area (Å²) >= 11 is 0. The van der Waals surface area contributed by atoms with E-state index in [2.05, 4.69) is 0 Å². The molecule has 7 heteroatoms. The lowest BCUT2D eigenvalue weighted by Crippen LogP contribution is -2.58. The second-order valence-electron chi connectivity index (χ2n) is 5.89. The largest absolute Gasteiger partial charge is 0.394 e. The molecule has 0 aromatic rings. The van der Waals surface area contributed by atoms with Gasteiger partial charge in [-0.05, 0) is 25.2 Å². The highest BCUT2D eigenvalue weighted by Crippen LogP contribution is 2.26. The lowest BCUT2D eigenvalue weighted by molar-refractivity contribution is -0.231. The summed E-state index contributed by atoms with van der Waals surface area (Å²) in [7, 11) is 0. The van der Waals surface area contributed by atoms with Crippen molar-refractivity contribution in [3.05, 3.63) is 0 Å². The van der Waals surface area contributed by atoms with Crippen molar-refractivity contribution in [1.29, 1.82) is 0 Å². The Morgan fingerprint density at radius 1 is 1.00 bits per heavy atom. The van der Waals surface area contributed by atoms with Gasteiger partial charge in [-0.1, -0.05) is 13.8 Å². The summed E-state index contributed by atoms with van der Waals surface area (Å²) in [5, 5.41) is 57.9. The molecule has 6 N–H and O–H groups in total. The van der Waals surface area contributed by atoms with Gasteiger partial charge in [0.25, 0.3) is 0 Å². The van der Waals surface area contributed by atoms with Crippen LogP contribution >= 0.6 is 0 Å². The Balaban J connectivity index is 2.53. The van der Waals surface area contributed by atoms with Gasteiger partial charge in [0, 0.05) is 0 Å². The normalized spacial score (nSPS) is 38.0. The zero-order valence-electron chi connectivity index (χ0n) is 12.5. The molecule has 0 amide bonds. The first-order valence-corrected chi connectivity index (χ1v) is 7.50. The Kier molecular flexibility index (Phi) is 7.49. The molecule has 0 aromatic heterocycles. The van der Waals surface area contributed by atoms with Crippen LogP contribution in [0.5, 0.6) is 0 Å². The fourth-order valence-electron chi connectivity index (χ4n) is 2.64. The molecule has 1 aliphatic heterocycles. The van der Waals surface area contributed by atoms with E-state index in [1.54, 1.807) is 13.8 Å². The van der Waals surface area contributed by atoms with Crippen molar-refractivity contribution in [2.75, 3.05) is 6.61 Å². The molecule has 0 saturated carbocycles. The average Bonchev–Trinajstić information content (AvgIpc) is 2.50. The fourth-order valence-corrected chi connectivity index (χ4v) is 2.64. The number of hydrogen-bond acceptors (Lipinski definition) is 7. The molecule has 2 unspecified atom stereocenters. The van der Waals surface area contributed by atoms with Crippen LogP contribution in [0.2, 0.25) is 0 Å². The molecule has 0 bridgehead atoms. The van der Waals surface area contributed by atoms with E-state index in [1.165, 1.54) is 0 Å². The Morgan fingerprint density at radius 3 is 2.10 bits per heavy atom. The van der Waals surface area contributed by atoms with Crippen LogP contribution in [-0.4, -0.2) is 80.0 Å². The Bertz CT molecular complexity index is 299. The van der Waals surface area contributed by atoms with Crippen molar-refractivity contribution < 1.29 is 35.4 Å². The number of rotatable bonds is 7. The van der Waals surface area contributed by atoms with E-state index in [1.807, 2.05) is 0 Å². The van der Waals surface area contributed by atoms with Crippen molar-refractivity contribution in [3.63, 3.8) is 0 Å². The molecule has 1 fully saturated rings. The fraction of sp³-hybridized carbons (Fsp3) is 1.00. The predicted molar refractivity (Wildman–Crippen MR) is 74.5 cm³/mol. The van der Waals surface area contributed by atoms with E-state index in [9.17, 15) is 25.5 Å². The topological polar surface area (TPSA) is 131 Å². The average molecular weight is 308 g/mol. The van der Waals surface area contributed by atoms with Crippen molar-refractivity contribution >= 4 is 0 Å². The summed E-state index contributed by atoms with van der Waals surface area (Å²) in [4.78, 5) is 0. The first-order valence-electron chi connectivity index (χ1n) is 7.50. The first kappa shape index (κ1) is 18.8. The molecule has 1 saturated heterocycles. The maximum absolute atomic E-state index is 9.90. The van der Waals surface area contributed by atoms with Gasteiger partial charge in [-0.15, -0.1) is 0 Å². The van der Waals surface area contributed by atoms with Gasteiger partial charge in [0.05, 0.1) is 24.9 Å². The van der Waals surface area contributed by atoms with Crippen LogP contribution < -0.4 is 0 Å². The second-order valence-corrected chi connectivity index (χ2v) is 5.89. The lowest BCUT2D eigenvalue weighted by atomic mass is 9.88. The summed E-state index contributed by atoms with van der Waals surface area (Å²) in [6, 6.07) is 0. The van der Waals surface area contributed by atoms with Gasteiger partial charge in [0.2, 0.25) is 0 Å². The minimum Gasteiger partial charge on any atom is -0.394 e. The van der Waals surface area contributed by atoms with Crippen molar-refractivity contribution in [3.8, 4) is 0 Å². The van der Waals surface area contributed by atoms with Crippen LogP contribution in [0.25, 0.3) is 0 Å². The van der Waals surface area contributed by atoms with Crippen LogP contribution in [0, 0.1) is 5.92 Å². The Hall–Kier alpha value is -0.280. The molecule has 21 heavy (non-hydrogen) atoms. The summed E-state index contributed by atoms with van der Waals surface area (Å²) in [6.07, 6.45) is -6.00. The third-order valence-corrected chi connectivity index (χ3v) is 4.29. The van der Waals surface area contributed by atoms with Crippen LogP contribution in [0.3, 0.4) is 0 Å². The lowest BCUT2D eigenvalue weighted by Gasteiger charge is -2.40. The molecule has 0 aromatic carbocycles. The number of hydrogen-bond donors (Lipinski definition) is 6. The van der Waals surface area contributed by atoms with Gasteiger partial charge in [-0.25, -0.2) is 0 Å². The van der Waals surface area contributed by atoms with E-state index in [-0.39, 0.29) is 5.92 Å². The zero-order chi connectivity index (χ0) is 16.2. The van der Waals surface area contributed by atoms with Gasteiger partial charge >= 0.3 is 0 Å². The van der Waals surface area contributed by atoms with E-state index >= 15 is 0 Å². The van der Waals surface area contributed by atoms with Crippen LogP contribution in [0.1, 0.15) is 33.1 Å². The van der Waals surface area contributed by atoms with E-state index < -0.39 is 49.3 Å². The van der Waals surface area contributed by atoms with Crippen molar-refractivity contribution in [1.82, 2.24) is 0 Å². The van der Waals surface area contributed by atoms with Gasteiger partial charge in [-0.3, -0.25) is 0 Å². The minimum atomic E-state index is -1.37. The number of ether oxygens (including phenoxy) is 1. The molecule has 0 radical (unpaired) electrons. The summed E-state index contributed by atoms with van der Waals surface area (Å²) < 4.78 is 5.39. The first-order chi connectivity index (χ1) is 9.83. The monoisotopic (exact) mass is 308 g/mol. The molecule has 1 heterocycles. The van der Waals surface area contributed by atoms with Gasteiger partial charge in [0.15, 0.2) is 0 Å². The van der Waals surface area contributed by atoms with E-state index in [0.29, 0.717) is 19.3 Å². The van der Waals surface area contributed by atoms with Crippen LogP contribution in [0.15, 0.2) is 0 Å². The molecular formula is C14H28O7. The molecule has 0 aliphatic carbocycles. The summed E-state index contributed by atoms with van der Waals surface area (Å²) in [6.45, 7) is 3.11. The quantitative estimate of drug-likeness (QED) is 0.333. The van der Waals surface area contributed by atoms with Crippen molar-refractivity contribution in [2.45, 2.75) is 75.8 Å². The molecule has 126 valence electrons. The standard InChI is InChI=1S/C14H28O7/c1-3-8(16)11(17)7(2)4-5-9-12(18)14(20)13(19)10(6-15)21-9/h7-20H,3-6H2,1-2H3/t7-,8+,9-,10?,11-,12-,13-,14?/m0/s1. The number of aliphatic hydroxyl groups is 6. The van der Waals surface area contributed by atoms with Gasteiger partial charge in [0.1, 0.15) is 24.4 Å². The molecule has 7 nitrogen and oxygen atoms in total. The maximum atomic E-state index is 9.90. The highest BCUT2D eigenvalue weighted by molar-refractivity contribution is 4.92. The summed E-state index contributed by atoms with van der Waals surface area (Å²) in [5.41, 5.74) is 0. The highest BCUT2D eigenvalue weighted by atomic mass is 16.5. The smallest absolute Gasteiger partial charge is 0.111 e. The third kappa shape index (κ3) is 4.59. The molecular weight excluding hydrogens is 280 g/mol. The van der Waals surface area contributed by atoms with Crippen LogP contribution in [0.4, 0.5) is 0 Å². The van der Waals surface area contributed by atoms with Crippen molar-refractivity contribution in [2.24, 2.45) is 5.92 Å². The summed E-state index contributed by atoms with van der Waals surface area (Å²) in [5.74, 6) is -0.202. The van der Waals surface area contributed by atoms with Gasteiger partial charge < -0.3 is 35.4 Å². The molecule has 1 rings (SSSR count). The highest BCUT2D eigenvalue weighted by Gasteiger charge is 2.43. The van der Waals surface area contributed by atoms with E-state index in [4.69, 9.17) is 9.84 Å². The van der Waals surface area contributed by atoms with E-state index in [0.717, 1.165) is 0 Å².